The van der Waals surface area contributed by atoms with E-state index in [0.29, 0.717) is 5.75 Å². The summed E-state index contributed by atoms with van der Waals surface area (Å²) in [5.41, 5.74) is 3.24. The molecular weight excluding hydrogens is 389 g/mol. The van der Waals surface area contributed by atoms with Crippen LogP contribution in [0.5, 0.6) is 5.75 Å². The summed E-state index contributed by atoms with van der Waals surface area (Å²) in [6.45, 7) is 4.20. The van der Waals surface area contributed by atoms with Gasteiger partial charge in [-0.1, -0.05) is 32.0 Å². The maximum Gasteiger partial charge on any atom is 0.262 e. The first kappa shape index (κ1) is 16.8. The van der Waals surface area contributed by atoms with Crippen LogP contribution in [-0.2, 0) is 17.6 Å². The maximum atomic E-state index is 12.2. The number of benzene rings is 2. The molecule has 116 valence electrons. The molecule has 0 aromatic heterocycles. The Hall–Kier alpha value is -1.56. The number of rotatable bonds is 6. The van der Waals surface area contributed by atoms with E-state index in [-0.39, 0.29) is 12.5 Å². The summed E-state index contributed by atoms with van der Waals surface area (Å²) in [7, 11) is 0. The van der Waals surface area contributed by atoms with Crippen LogP contribution in [0.2, 0.25) is 0 Å². The van der Waals surface area contributed by atoms with Crippen molar-refractivity contribution in [2.45, 2.75) is 26.7 Å². The first-order valence-electron chi connectivity index (χ1n) is 7.43. The van der Waals surface area contributed by atoms with Gasteiger partial charge in [-0.05, 0) is 70.8 Å². The summed E-state index contributed by atoms with van der Waals surface area (Å²) in [4.78, 5) is 12.2. The van der Waals surface area contributed by atoms with Crippen molar-refractivity contribution in [3.63, 3.8) is 0 Å². The number of ether oxygens (including phenoxy) is 1. The molecule has 0 radical (unpaired) electrons. The summed E-state index contributed by atoms with van der Waals surface area (Å²) in [5, 5.41) is 3.00. The zero-order valence-corrected chi connectivity index (χ0v) is 15.0. The number of nitrogens with one attached hydrogen (secondary N) is 1. The second kappa shape index (κ2) is 8.17. The first-order chi connectivity index (χ1) is 10.6. The Labute approximate surface area is 145 Å². The summed E-state index contributed by atoms with van der Waals surface area (Å²) >= 11 is 2.23. The van der Waals surface area contributed by atoms with E-state index >= 15 is 0 Å². The normalized spacial score (nSPS) is 10.3. The topological polar surface area (TPSA) is 38.3 Å². The predicted octanol–water partition coefficient (Wildman–Crippen LogP) is 4.43. The lowest BCUT2D eigenvalue weighted by molar-refractivity contribution is -0.118. The standard InChI is InChI=1S/C18H20INO2/c1-3-13-6-5-7-14(4-2)18(13)20-17(21)12-22-16-10-8-15(19)9-11-16/h5-11H,3-4,12H2,1-2H3,(H,20,21). The molecule has 0 saturated carbocycles. The van der Waals surface area contributed by atoms with Crippen LogP contribution >= 0.6 is 22.6 Å². The van der Waals surface area contributed by atoms with Gasteiger partial charge >= 0.3 is 0 Å². The highest BCUT2D eigenvalue weighted by Crippen LogP contribution is 2.22. The van der Waals surface area contributed by atoms with Crippen LogP contribution < -0.4 is 10.1 Å². The fourth-order valence-electron chi connectivity index (χ4n) is 2.26. The van der Waals surface area contributed by atoms with Crippen molar-refractivity contribution in [2.75, 3.05) is 11.9 Å². The summed E-state index contributed by atoms with van der Waals surface area (Å²) < 4.78 is 6.66. The van der Waals surface area contributed by atoms with E-state index in [1.807, 2.05) is 30.3 Å². The molecule has 0 aliphatic carbocycles. The monoisotopic (exact) mass is 409 g/mol. The molecule has 0 atom stereocenters. The second-order valence-corrected chi connectivity index (χ2v) is 6.19. The van der Waals surface area contributed by atoms with Crippen molar-refractivity contribution in [1.82, 2.24) is 0 Å². The first-order valence-corrected chi connectivity index (χ1v) is 8.50. The second-order valence-electron chi connectivity index (χ2n) is 4.95. The number of hydrogen-bond acceptors (Lipinski definition) is 2. The molecule has 0 aliphatic rings. The number of amides is 1. The van der Waals surface area contributed by atoms with Crippen molar-refractivity contribution < 1.29 is 9.53 Å². The van der Waals surface area contributed by atoms with E-state index in [0.717, 1.165) is 33.2 Å². The van der Waals surface area contributed by atoms with E-state index < -0.39 is 0 Å². The SMILES string of the molecule is CCc1cccc(CC)c1NC(=O)COc1ccc(I)cc1. The van der Waals surface area contributed by atoms with Gasteiger partial charge in [-0.25, -0.2) is 0 Å². The molecule has 0 aliphatic heterocycles. The number of halogens is 1. The Morgan fingerprint density at radius 2 is 1.64 bits per heavy atom. The number of para-hydroxylation sites is 1. The van der Waals surface area contributed by atoms with Crippen LogP contribution in [0.15, 0.2) is 42.5 Å². The van der Waals surface area contributed by atoms with E-state index in [4.69, 9.17) is 4.74 Å². The van der Waals surface area contributed by atoms with Gasteiger partial charge in [-0.15, -0.1) is 0 Å². The summed E-state index contributed by atoms with van der Waals surface area (Å²) in [5.74, 6) is 0.573. The van der Waals surface area contributed by atoms with Crippen LogP contribution in [0.1, 0.15) is 25.0 Å². The van der Waals surface area contributed by atoms with E-state index in [1.165, 1.54) is 0 Å². The number of anilines is 1. The van der Waals surface area contributed by atoms with Gasteiger partial charge in [0.15, 0.2) is 6.61 Å². The molecule has 0 bridgehead atoms. The number of hydrogen-bond donors (Lipinski definition) is 1. The van der Waals surface area contributed by atoms with Gasteiger partial charge in [0.1, 0.15) is 5.75 Å². The molecular formula is C18H20INO2. The van der Waals surface area contributed by atoms with Crippen LogP contribution in [0.3, 0.4) is 0 Å². The van der Waals surface area contributed by atoms with Crippen LogP contribution in [0.25, 0.3) is 0 Å². The molecule has 4 heteroatoms. The van der Waals surface area contributed by atoms with Gasteiger partial charge in [-0.3, -0.25) is 4.79 Å². The van der Waals surface area contributed by atoms with E-state index in [1.54, 1.807) is 0 Å². The third kappa shape index (κ3) is 4.47. The Morgan fingerprint density at radius 3 is 2.18 bits per heavy atom. The van der Waals surface area contributed by atoms with Gasteiger partial charge in [-0.2, -0.15) is 0 Å². The summed E-state index contributed by atoms with van der Waals surface area (Å²) in [6.07, 6.45) is 1.78. The molecule has 0 saturated heterocycles. The highest BCUT2D eigenvalue weighted by Gasteiger charge is 2.10. The zero-order chi connectivity index (χ0) is 15.9. The molecule has 0 heterocycles. The van der Waals surface area contributed by atoms with Crippen molar-refractivity contribution in [2.24, 2.45) is 0 Å². The predicted molar refractivity (Wildman–Crippen MR) is 98.5 cm³/mol. The molecule has 22 heavy (non-hydrogen) atoms. The number of aryl methyl sites for hydroxylation is 2. The lowest BCUT2D eigenvalue weighted by Gasteiger charge is -2.14. The fraction of sp³-hybridized carbons (Fsp3) is 0.278. The zero-order valence-electron chi connectivity index (χ0n) is 12.9. The molecule has 2 rings (SSSR count). The lowest BCUT2D eigenvalue weighted by Crippen LogP contribution is -2.21. The van der Waals surface area contributed by atoms with Crippen LogP contribution in [0.4, 0.5) is 5.69 Å². The maximum absolute atomic E-state index is 12.2. The van der Waals surface area contributed by atoms with Crippen LogP contribution in [-0.4, -0.2) is 12.5 Å². The molecule has 0 fully saturated rings. The lowest BCUT2D eigenvalue weighted by atomic mass is 10.0. The Morgan fingerprint density at radius 1 is 1.05 bits per heavy atom. The molecule has 2 aromatic rings. The van der Waals surface area contributed by atoms with Gasteiger partial charge in [0, 0.05) is 9.26 Å². The van der Waals surface area contributed by atoms with Crippen molar-refractivity contribution in [3.05, 3.63) is 57.2 Å². The fourth-order valence-corrected chi connectivity index (χ4v) is 2.62. The number of carbonyl (C=O) groups excluding carboxylic acids is 1. The van der Waals surface area contributed by atoms with Crippen molar-refractivity contribution in [3.8, 4) is 5.75 Å². The minimum atomic E-state index is -0.130. The van der Waals surface area contributed by atoms with Gasteiger partial charge in [0.25, 0.3) is 5.91 Å². The third-order valence-corrected chi connectivity index (χ3v) is 4.17. The molecule has 1 amide bonds. The van der Waals surface area contributed by atoms with Gasteiger partial charge < -0.3 is 10.1 Å². The highest BCUT2D eigenvalue weighted by atomic mass is 127. The molecule has 3 nitrogen and oxygen atoms in total. The average molecular weight is 409 g/mol. The Balaban J connectivity index is 2.01. The minimum Gasteiger partial charge on any atom is -0.484 e. The van der Waals surface area contributed by atoms with Gasteiger partial charge in [0.2, 0.25) is 0 Å². The highest BCUT2D eigenvalue weighted by molar-refractivity contribution is 14.1. The smallest absolute Gasteiger partial charge is 0.262 e. The van der Waals surface area contributed by atoms with E-state index in [2.05, 4.69) is 53.9 Å². The molecule has 0 unspecified atom stereocenters. The molecule has 2 aromatic carbocycles. The average Bonchev–Trinajstić information content (AvgIpc) is 2.54. The Kier molecular flexibility index (Phi) is 6.24. The largest absolute Gasteiger partial charge is 0.484 e. The minimum absolute atomic E-state index is 0.0157. The van der Waals surface area contributed by atoms with Gasteiger partial charge in [0.05, 0.1) is 0 Å². The summed E-state index contributed by atoms with van der Waals surface area (Å²) in [6, 6.07) is 13.8. The molecule has 0 spiro atoms. The van der Waals surface area contributed by atoms with E-state index in [9.17, 15) is 4.79 Å². The van der Waals surface area contributed by atoms with Crippen molar-refractivity contribution in [1.29, 1.82) is 0 Å². The Bertz CT molecular complexity index is 616. The number of carbonyl (C=O) groups is 1. The third-order valence-electron chi connectivity index (χ3n) is 3.45. The van der Waals surface area contributed by atoms with Crippen molar-refractivity contribution >= 4 is 34.2 Å². The van der Waals surface area contributed by atoms with Crippen LogP contribution in [0, 0.1) is 3.57 Å². The quantitative estimate of drug-likeness (QED) is 0.717. The molecule has 1 N–H and O–H groups in total.